The summed E-state index contributed by atoms with van der Waals surface area (Å²) in [5.74, 6) is 0.00659. The largest absolute Gasteiger partial charge is 0.479 e. The van der Waals surface area contributed by atoms with Gasteiger partial charge in [0.2, 0.25) is 5.82 Å². The molecule has 1 heterocycles. The van der Waals surface area contributed by atoms with E-state index in [1.165, 1.54) is 24.3 Å². The molecular formula is C19H16ClFN2O4. The molecule has 3 aromatic rings. The van der Waals surface area contributed by atoms with Gasteiger partial charge in [0.15, 0.2) is 12.7 Å². The van der Waals surface area contributed by atoms with Crippen LogP contribution in [0.5, 0.6) is 5.75 Å². The topological polar surface area (TPSA) is 74.5 Å². The van der Waals surface area contributed by atoms with Gasteiger partial charge in [0, 0.05) is 10.6 Å². The van der Waals surface area contributed by atoms with Crippen LogP contribution in [0.25, 0.3) is 11.4 Å². The third-order valence-electron chi connectivity index (χ3n) is 3.68. The molecule has 0 spiro atoms. The van der Waals surface area contributed by atoms with E-state index in [1.54, 1.807) is 25.1 Å². The van der Waals surface area contributed by atoms with Gasteiger partial charge in [0.25, 0.3) is 5.89 Å². The fourth-order valence-corrected chi connectivity index (χ4v) is 2.49. The van der Waals surface area contributed by atoms with Crippen LogP contribution in [0.1, 0.15) is 18.4 Å². The van der Waals surface area contributed by atoms with Gasteiger partial charge in [-0.15, -0.1) is 0 Å². The molecule has 3 rings (SSSR count). The average Bonchev–Trinajstić information content (AvgIpc) is 3.11. The zero-order chi connectivity index (χ0) is 19.4. The third kappa shape index (κ3) is 4.83. The predicted molar refractivity (Wildman–Crippen MR) is 95.8 cm³/mol. The highest BCUT2D eigenvalue weighted by Gasteiger charge is 2.19. The highest BCUT2D eigenvalue weighted by molar-refractivity contribution is 6.30. The van der Waals surface area contributed by atoms with Crippen LogP contribution in [0.2, 0.25) is 5.02 Å². The van der Waals surface area contributed by atoms with Crippen LogP contribution in [0.15, 0.2) is 47.0 Å². The zero-order valence-corrected chi connectivity index (χ0v) is 15.4. The molecule has 2 aromatic carbocycles. The first-order valence-electron chi connectivity index (χ1n) is 8.10. The minimum absolute atomic E-state index is 0.123. The molecule has 0 saturated carbocycles. The Morgan fingerprint density at radius 2 is 2.00 bits per heavy atom. The second kappa shape index (κ2) is 8.18. The lowest BCUT2D eigenvalue weighted by Gasteiger charge is -2.15. The van der Waals surface area contributed by atoms with E-state index in [2.05, 4.69) is 10.1 Å². The molecule has 0 bridgehead atoms. The molecule has 1 atom stereocenters. The molecule has 0 aliphatic heterocycles. The molecule has 0 amide bonds. The number of carbonyl (C=O) groups is 1. The number of esters is 1. The number of aryl methyl sites for hydroxylation is 1. The van der Waals surface area contributed by atoms with Crippen molar-refractivity contribution in [1.29, 1.82) is 0 Å². The average molecular weight is 391 g/mol. The Morgan fingerprint density at radius 3 is 2.70 bits per heavy atom. The van der Waals surface area contributed by atoms with Crippen LogP contribution < -0.4 is 4.74 Å². The molecular weight excluding hydrogens is 375 g/mol. The van der Waals surface area contributed by atoms with Crippen molar-refractivity contribution < 1.29 is 23.2 Å². The Labute approximate surface area is 159 Å². The van der Waals surface area contributed by atoms with E-state index in [0.717, 1.165) is 5.56 Å². The molecule has 0 saturated heterocycles. The molecule has 1 aromatic heterocycles. The van der Waals surface area contributed by atoms with E-state index in [-0.39, 0.29) is 24.1 Å². The van der Waals surface area contributed by atoms with Crippen LogP contribution in [-0.2, 0) is 16.1 Å². The fraction of sp³-hybridized carbons (Fsp3) is 0.211. The summed E-state index contributed by atoms with van der Waals surface area (Å²) >= 11 is 5.90. The Hall–Kier alpha value is -2.93. The summed E-state index contributed by atoms with van der Waals surface area (Å²) in [6, 6.07) is 10.8. The maximum Gasteiger partial charge on any atom is 0.347 e. The zero-order valence-electron chi connectivity index (χ0n) is 14.6. The summed E-state index contributed by atoms with van der Waals surface area (Å²) in [6.07, 6.45) is -0.829. The predicted octanol–water partition coefficient (Wildman–Crippen LogP) is 4.35. The number of rotatable bonds is 6. The van der Waals surface area contributed by atoms with Gasteiger partial charge >= 0.3 is 5.97 Å². The third-order valence-corrected chi connectivity index (χ3v) is 3.92. The van der Waals surface area contributed by atoms with E-state index in [4.69, 9.17) is 25.6 Å². The normalized spacial score (nSPS) is 11.9. The number of ether oxygens (including phenoxy) is 2. The second-order valence-electron chi connectivity index (χ2n) is 5.80. The molecule has 0 fully saturated rings. The number of carbonyl (C=O) groups excluding carboxylic acids is 1. The minimum atomic E-state index is -0.829. The van der Waals surface area contributed by atoms with E-state index in [0.29, 0.717) is 16.3 Å². The summed E-state index contributed by atoms with van der Waals surface area (Å²) in [7, 11) is 0. The maximum absolute atomic E-state index is 13.0. The van der Waals surface area contributed by atoms with Crippen molar-refractivity contribution in [2.24, 2.45) is 0 Å². The van der Waals surface area contributed by atoms with E-state index in [9.17, 15) is 9.18 Å². The Bertz CT molecular complexity index is 943. The number of nitrogens with zero attached hydrogens (tertiary/aromatic N) is 2. The second-order valence-corrected chi connectivity index (χ2v) is 6.23. The van der Waals surface area contributed by atoms with E-state index < -0.39 is 12.1 Å². The summed E-state index contributed by atoms with van der Waals surface area (Å²) in [6.45, 7) is 3.21. The number of benzene rings is 2. The van der Waals surface area contributed by atoms with Crippen molar-refractivity contribution in [3.63, 3.8) is 0 Å². The monoisotopic (exact) mass is 390 g/mol. The Balaban J connectivity index is 1.56. The van der Waals surface area contributed by atoms with Crippen LogP contribution in [0.4, 0.5) is 4.39 Å². The number of hydrogen-bond donors (Lipinski definition) is 0. The van der Waals surface area contributed by atoms with Crippen molar-refractivity contribution >= 4 is 17.6 Å². The standard InChI is InChI=1S/C19H16ClFN2O4/c1-11-9-14(20)5-8-16(11)26-12(2)19(24)25-10-17-22-18(23-27-17)13-3-6-15(21)7-4-13/h3-9,12H,10H2,1-2H3. The molecule has 140 valence electrons. The van der Waals surface area contributed by atoms with Gasteiger partial charge < -0.3 is 14.0 Å². The van der Waals surface area contributed by atoms with Crippen molar-refractivity contribution in [3.8, 4) is 17.1 Å². The van der Waals surface area contributed by atoms with E-state index >= 15 is 0 Å². The highest BCUT2D eigenvalue weighted by atomic mass is 35.5. The first-order valence-corrected chi connectivity index (χ1v) is 8.48. The lowest BCUT2D eigenvalue weighted by Crippen LogP contribution is -2.26. The van der Waals surface area contributed by atoms with Crippen LogP contribution in [-0.4, -0.2) is 22.2 Å². The Kier molecular flexibility index (Phi) is 5.71. The SMILES string of the molecule is Cc1cc(Cl)ccc1OC(C)C(=O)OCc1nc(-c2ccc(F)cc2)no1. The first kappa shape index (κ1) is 18.8. The Morgan fingerprint density at radius 1 is 1.26 bits per heavy atom. The van der Waals surface area contributed by atoms with Gasteiger partial charge in [-0.2, -0.15) is 4.98 Å². The lowest BCUT2D eigenvalue weighted by molar-refractivity contribution is -0.153. The van der Waals surface area contributed by atoms with Crippen LogP contribution in [0.3, 0.4) is 0 Å². The summed E-state index contributed by atoms with van der Waals surface area (Å²) in [4.78, 5) is 16.2. The van der Waals surface area contributed by atoms with Crippen molar-refractivity contribution in [2.75, 3.05) is 0 Å². The van der Waals surface area contributed by atoms with Gasteiger partial charge in [-0.1, -0.05) is 16.8 Å². The van der Waals surface area contributed by atoms with Crippen molar-refractivity contribution in [1.82, 2.24) is 10.1 Å². The number of hydrogen-bond acceptors (Lipinski definition) is 6. The molecule has 27 heavy (non-hydrogen) atoms. The molecule has 0 aliphatic carbocycles. The summed E-state index contributed by atoms with van der Waals surface area (Å²) in [5.41, 5.74) is 1.40. The number of halogens is 2. The molecule has 0 radical (unpaired) electrons. The van der Waals surface area contributed by atoms with Gasteiger partial charge in [-0.05, 0) is 61.9 Å². The molecule has 0 aliphatic rings. The van der Waals surface area contributed by atoms with Gasteiger partial charge in [-0.25, -0.2) is 9.18 Å². The van der Waals surface area contributed by atoms with E-state index in [1.807, 2.05) is 6.92 Å². The van der Waals surface area contributed by atoms with Gasteiger partial charge in [-0.3, -0.25) is 0 Å². The quantitative estimate of drug-likeness (QED) is 0.582. The minimum Gasteiger partial charge on any atom is -0.479 e. The van der Waals surface area contributed by atoms with Crippen LogP contribution in [0, 0.1) is 12.7 Å². The summed E-state index contributed by atoms with van der Waals surface area (Å²) in [5, 5.41) is 4.37. The smallest absolute Gasteiger partial charge is 0.347 e. The summed E-state index contributed by atoms with van der Waals surface area (Å²) < 4.78 is 28.7. The van der Waals surface area contributed by atoms with Gasteiger partial charge in [0.05, 0.1) is 0 Å². The first-order chi connectivity index (χ1) is 12.9. The van der Waals surface area contributed by atoms with Crippen molar-refractivity contribution in [2.45, 2.75) is 26.6 Å². The molecule has 8 heteroatoms. The highest BCUT2D eigenvalue weighted by Crippen LogP contribution is 2.23. The van der Waals surface area contributed by atoms with Crippen molar-refractivity contribution in [3.05, 3.63) is 64.8 Å². The number of aromatic nitrogens is 2. The van der Waals surface area contributed by atoms with Gasteiger partial charge in [0.1, 0.15) is 11.6 Å². The molecule has 6 nitrogen and oxygen atoms in total. The lowest BCUT2D eigenvalue weighted by atomic mass is 10.2. The molecule has 1 unspecified atom stereocenters. The van der Waals surface area contributed by atoms with Crippen LogP contribution >= 0.6 is 11.6 Å². The maximum atomic E-state index is 13.0. The molecule has 0 N–H and O–H groups in total. The fourth-order valence-electron chi connectivity index (χ4n) is 2.26.